The molecule has 0 aromatic carbocycles. The standard InChI is InChI=1S/C11H11N3O3/c1-3-6-7(11(16)17)9(15)8-10(14-6)13-5(2)4-12-8/h4H,3H2,1-2H3,(H,16,17)(H,13,14,15). The van der Waals surface area contributed by atoms with Crippen LogP contribution in [-0.2, 0) is 6.42 Å². The number of H-pyrrole nitrogens is 1. The van der Waals surface area contributed by atoms with E-state index in [4.69, 9.17) is 5.11 Å². The van der Waals surface area contributed by atoms with E-state index in [0.717, 1.165) is 0 Å². The van der Waals surface area contributed by atoms with Crippen molar-refractivity contribution in [2.75, 3.05) is 0 Å². The van der Waals surface area contributed by atoms with Crippen molar-refractivity contribution in [3.05, 3.63) is 33.4 Å². The first-order valence-electron chi connectivity index (χ1n) is 5.16. The van der Waals surface area contributed by atoms with Crippen molar-refractivity contribution >= 4 is 17.1 Å². The van der Waals surface area contributed by atoms with Gasteiger partial charge >= 0.3 is 5.97 Å². The molecular formula is C11H11N3O3. The fourth-order valence-corrected chi connectivity index (χ4v) is 1.68. The molecule has 2 aromatic heterocycles. The van der Waals surface area contributed by atoms with Gasteiger partial charge in [0.05, 0.1) is 5.69 Å². The van der Waals surface area contributed by atoms with Gasteiger partial charge in [0, 0.05) is 11.9 Å². The summed E-state index contributed by atoms with van der Waals surface area (Å²) < 4.78 is 0. The molecule has 0 amide bonds. The number of fused-ring (bicyclic) bond motifs is 1. The van der Waals surface area contributed by atoms with Crippen LogP contribution in [0, 0.1) is 6.92 Å². The summed E-state index contributed by atoms with van der Waals surface area (Å²) in [7, 11) is 0. The zero-order chi connectivity index (χ0) is 12.6. The van der Waals surface area contributed by atoms with Crippen LogP contribution in [0.5, 0.6) is 0 Å². The van der Waals surface area contributed by atoms with E-state index in [0.29, 0.717) is 23.5 Å². The van der Waals surface area contributed by atoms with Gasteiger partial charge in [0.15, 0.2) is 11.2 Å². The second-order valence-electron chi connectivity index (χ2n) is 3.67. The number of carboxylic acid groups (broad SMARTS) is 1. The third-order valence-corrected chi connectivity index (χ3v) is 2.47. The quantitative estimate of drug-likeness (QED) is 0.802. The van der Waals surface area contributed by atoms with E-state index >= 15 is 0 Å². The summed E-state index contributed by atoms with van der Waals surface area (Å²) in [5.74, 6) is -1.24. The molecule has 0 aliphatic heterocycles. The summed E-state index contributed by atoms with van der Waals surface area (Å²) in [5, 5.41) is 9.02. The van der Waals surface area contributed by atoms with E-state index in [1.54, 1.807) is 13.8 Å². The van der Waals surface area contributed by atoms with Crippen LogP contribution >= 0.6 is 0 Å². The Bertz CT molecular complexity index is 661. The Morgan fingerprint density at radius 3 is 2.82 bits per heavy atom. The fraction of sp³-hybridized carbons (Fsp3) is 0.273. The molecule has 17 heavy (non-hydrogen) atoms. The minimum absolute atomic E-state index is 0.0604. The molecule has 0 unspecified atom stereocenters. The highest BCUT2D eigenvalue weighted by atomic mass is 16.4. The third kappa shape index (κ3) is 1.77. The number of aromatic nitrogens is 3. The first-order chi connectivity index (χ1) is 8.04. The molecular weight excluding hydrogens is 222 g/mol. The number of nitrogens with zero attached hydrogens (tertiary/aromatic N) is 2. The summed E-state index contributed by atoms with van der Waals surface area (Å²) in [5.41, 5.74) is 0.587. The number of carbonyl (C=O) groups is 1. The number of nitrogens with one attached hydrogen (secondary N) is 1. The Hall–Kier alpha value is -2.24. The summed E-state index contributed by atoms with van der Waals surface area (Å²) in [6.45, 7) is 3.52. The van der Waals surface area contributed by atoms with E-state index < -0.39 is 11.4 Å². The van der Waals surface area contributed by atoms with Crippen LogP contribution in [0.25, 0.3) is 11.2 Å². The predicted molar refractivity (Wildman–Crippen MR) is 61.2 cm³/mol. The van der Waals surface area contributed by atoms with Crippen LogP contribution in [0.4, 0.5) is 0 Å². The van der Waals surface area contributed by atoms with E-state index in [1.807, 2.05) is 0 Å². The third-order valence-electron chi connectivity index (χ3n) is 2.47. The lowest BCUT2D eigenvalue weighted by atomic mass is 10.1. The molecule has 0 aliphatic carbocycles. The predicted octanol–water partition coefficient (Wildman–Crippen LogP) is 0.887. The zero-order valence-corrected chi connectivity index (χ0v) is 9.44. The maximum atomic E-state index is 12.0. The van der Waals surface area contributed by atoms with Crippen LogP contribution in [0.15, 0.2) is 11.0 Å². The topological polar surface area (TPSA) is 95.9 Å². The Balaban J connectivity index is 2.93. The largest absolute Gasteiger partial charge is 0.477 e. The van der Waals surface area contributed by atoms with Gasteiger partial charge in [0.2, 0.25) is 5.43 Å². The number of rotatable bonds is 2. The van der Waals surface area contributed by atoms with Crippen molar-refractivity contribution in [2.24, 2.45) is 0 Å². The number of hydrogen-bond donors (Lipinski definition) is 2. The highest BCUT2D eigenvalue weighted by Gasteiger charge is 2.18. The first-order valence-corrected chi connectivity index (χ1v) is 5.16. The maximum absolute atomic E-state index is 12.0. The lowest BCUT2D eigenvalue weighted by Gasteiger charge is -2.05. The minimum Gasteiger partial charge on any atom is -0.477 e. The molecule has 0 bridgehead atoms. The van der Waals surface area contributed by atoms with Gasteiger partial charge < -0.3 is 10.1 Å². The second-order valence-corrected chi connectivity index (χ2v) is 3.67. The van der Waals surface area contributed by atoms with Crippen molar-refractivity contribution in [3.8, 4) is 0 Å². The van der Waals surface area contributed by atoms with Gasteiger partial charge in [-0.15, -0.1) is 0 Å². The van der Waals surface area contributed by atoms with Gasteiger partial charge in [-0.3, -0.25) is 4.79 Å². The molecule has 6 heteroatoms. The smallest absolute Gasteiger partial charge is 0.341 e. The number of aryl methyl sites for hydroxylation is 2. The highest BCUT2D eigenvalue weighted by molar-refractivity contribution is 5.92. The normalized spacial score (nSPS) is 10.7. The molecule has 0 aliphatic rings. The fourth-order valence-electron chi connectivity index (χ4n) is 1.68. The molecule has 2 heterocycles. The van der Waals surface area contributed by atoms with Crippen molar-refractivity contribution in [2.45, 2.75) is 20.3 Å². The Morgan fingerprint density at radius 2 is 2.24 bits per heavy atom. The van der Waals surface area contributed by atoms with Crippen LogP contribution < -0.4 is 5.43 Å². The van der Waals surface area contributed by atoms with E-state index in [9.17, 15) is 9.59 Å². The average Bonchev–Trinajstić information content (AvgIpc) is 2.27. The van der Waals surface area contributed by atoms with Gasteiger partial charge in [-0.2, -0.15) is 0 Å². The molecule has 0 saturated carbocycles. The summed E-state index contributed by atoms with van der Waals surface area (Å²) >= 11 is 0. The molecule has 0 atom stereocenters. The van der Waals surface area contributed by atoms with Crippen molar-refractivity contribution in [1.82, 2.24) is 15.0 Å². The number of hydrogen-bond acceptors (Lipinski definition) is 4. The molecule has 0 spiro atoms. The molecule has 0 fully saturated rings. The average molecular weight is 233 g/mol. The second kappa shape index (κ2) is 3.97. The number of aromatic amines is 1. The van der Waals surface area contributed by atoms with Crippen molar-refractivity contribution in [1.29, 1.82) is 0 Å². The first kappa shape index (κ1) is 11.3. The van der Waals surface area contributed by atoms with Crippen LogP contribution in [0.3, 0.4) is 0 Å². The van der Waals surface area contributed by atoms with Gasteiger partial charge in [-0.25, -0.2) is 14.8 Å². The van der Waals surface area contributed by atoms with E-state index in [2.05, 4.69) is 15.0 Å². The zero-order valence-electron chi connectivity index (χ0n) is 9.44. The Kier molecular flexibility index (Phi) is 2.63. The molecule has 0 saturated heterocycles. The molecule has 2 aromatic rings. The van der Waals surface area contributed by atoms with Gasteiger partial charge in [-0.05, 0) is 13.3 Å². The van der Waals surface area contributed by atoms with Gasteiger partial charge in [0.1, 0.15) is 5.56 Å². The van der Waals surface area contributed by atoms with Crippen molar-refractivity contribution < 1.29 is 9.90 Å². The summed E-state index contributed by atoms with van der Waals surface area (Å²) in [6.07, 6.45) is 1.86. The summed E-state index contributed by atoms with van der Waals surface area (Å²) in [4.78, 5) is 33.9. The number of carboxylic acids is 1. The molecule has 2 rings (SSSR count). The SMILES string of the molecule is CCc1[nH]c2nc(C)cnc2c(=O)c1C(=O)O. The van der Waals surface area contributed by atoms with E-state index in [1.165, 1.54) is 6.20 Å². The molecule has 2 N–H and O–H groups in total. The molecule has 0 radical (unpaired) electrons. The lowest BCUT2D eigenvalue weighted by Crippen LogP contribution is -2.21. The van der Waals surface area contributed by atoms with Crippen molar-refractivity contribution in [3.63, 3.8) is 0 Å². The monoisotopic (exact) mass is 233 g/mol. The van der Waals surface area contributed by atoms with Gasteiger partial charge in [-0.1, -0.05) is 6.92 Å². The number of aromatic carboxylic acids is 1. The van der Waals surface area contributed by atoms with Gasteiger partial charge in [0.25, 0.3) is 0 Å². The van der Waals surface area contributed by atoms with Crippen LogP contribution in [0.1, 0.15) is 28.7 Å². The molecule has 88 valence electrons. The maximum Gasteiger partial charge on any atom is 0.341 e. The van der Waals surface area contributed by atoms with E-state index in [-0.39, 0.29) is 11.1 Å². The Labute approximate surface area is 96.3 Å². The number of pyridine rings is 1. The lowest BCUT2D eigenvalue weighted by molar-refractivity contribution is 0.0694. The Morgan fingerprint density at radius 1 is 1.53 bits per heavy atom. The minimum atomic E-state index is -1.24. The summed E-state index contributed by atoms with van der Waals surface area (Å²) in [6, 6.07) is 0. The highest BCUT2D eigenvalue weighted by Crippen LogP contribution is 2.09. The van der Waals surface area contributed by atoms with Crippen LogP contribution in [-0.4, -0.2) is 26.0 Å². The van der Waals surface area contributed by atoms with Crippen LogP contribution in [0.2, 0.25) is 0 Å². The molecule has 6 nitrogen and oxygen atoms in total.